The summed E-state index contributed by atoms with van der Waals surface area (Å²) in [5, 5.41) is 16.2. The normalized spacial score (nSPS) is 11.5. The van der Waals surface area contributed by atoms with Gasteiger partial charge in [0.15, 0.2) is 0 Å². The minimum absolute atomic E-state index is 0.246. The van der Waals surface area contributed by atoms with Crippen LogP contribution < -0.4 is 10.6 Å². The minimum atomic E-state index is -4.38. The first kappa shape index (κ1) is 27.1. The Kier molecular flexibility index (Phi) is 9.36. The zero-order chi connectivity index (χ0) is 26.1. The Bertz CT molecular complexity index is 1120. The number of hydrogen-bond donors (Lipinski definition) is 3. The van der Waals surface area contributed by atoms with E-state index >= 15 is 0 Å². The minimum Gasteiger partial charge on any atom is -0.508 e. The smallest absolute Gasteiger partial charge is 0.416 e. The second-order valence-electron chi connectivity index (χ2n) is 8.70. The lowest BCUT2D eigenvalue weighted by Gasteiger charge is -2.22. The van der Waals surface area contributed by atoms with Gasteiger partial charge in [-0.2, -0.15) is 13.2 Å². The summed E-state index contributed by atoms with van der Waals surface area (Å²) in [6, 6.07) is 16.8. The standard InChI is InChI=1S/C28H32F3N3O2/c1-3-15-34(16-4-2)19-22-17-20(5-14-26(22)35)18-32-27(36)21-6-10-24(11-7-21)33-25-12-8-23(9-13-25)28(29,30)31/h5-14,17,33,35H,3-4,15-16,18-19H2,1-2H3,(H,32,36). The van der Waals surface area contributed by atoms with Crippen molar-refractivity contribution in [2.45, 2.75) is 46.0 Å². The van der Waals surface area contributed by atoms with E-state index in [9.17, 15) is 23.1 Å². The van der Waals surface area contributed by atoms with Gasteiger partial charge >= 0.3 is 6.18 Å². The van der Waals surface area contributed by atoms with Crippen LogP contribution in [0.2, 0.25) is 0 Å². The average Bonchev–Trinajstić information content (AvgIpc) is 2.85. The van der Waals surface area contributed by atoms with Crippen LogP contribution in [0.3, 0.4) is 0 Å². The Balaban J connectivity index is 1.57. The van der Waals surface area contributed by atoms with Crippen LogP contribution in [0.5, 0.6) is 5.75 Å². The number of rotatable bonds is 11. The number of nitrogens with zero attached hydrogens (tertiary/aromatic N) is 1. The summed E-state index contributed by atoms with van der Waals surface area (Å²) in [5.74, 6) is 0.00251. The lowest BCUT2D eigenvalue weighted by atomic mass is 10.1. The molecule has 5 nitrogen and oxygen atoms in total. The first-order chi connectivity index (χ1) is 17.2. The predicted octanol–water partition coefficient (Wildman–Crippen LogP) is 6.71. The summed E-state index contributed by atoms with van der Waals surface area (Å²) in [4.78, 5) is 14.9. The van der Waals surface area contributed by atoms with Crippen molar-refractivity contribution in [2.75, 3.05) is 18.4 Å². The molecule has 0 saturated carbocycles. The SMILES string of the molecule is CCCN(CCC)Cc1cc(CNC(=O)c2ccc(Nc3ccc(C(F)(F)F)cc3)cc2)ccc1O. The van der Waals surface area contributed by atoms with Gasteiger partial charge in [0.25, 0.3) is 5.91 Å². The average molecular weight is 500 g/mol. The van der Waals surface area contributed by atoms with Crippen LogP contribution in [0.1, 0.15) is 53.7 Å². The molecule has 0 atom stereocenters. The van der Waals surface area contributed by atoms with Crippen molar-refractivity contribution in [1.82, 2.24) is 10.2 Å². The van der Waals surface area contributed by atoms with Crippen LogP contribution in [0.4, 0.5) is 24.5 Å². The molecule has 0 heterocycles. The molecule has 0 radical (unpaired) electrons. The molecule has 36 heavy (non-hydrogen) atoms. The number of hydrogen-bond acceptors (Lipinski definition) is 4. The van der Waals surface area contributed by atoms with Gasteiger partial charge in [0.2, 0.25) is 0 Å². The summed E-state index contributed by atoms with van der Waals surface area (Å²) in [6.07, 6.45) is -2.30. The zero-order valence-corrected chi connectivity index (χ0v) is 20.5. The quantitative estimate of drug-likeness (QED) is 0.275. The number of halogens is 3. The highest BCUT2D eigenvalue weighted by molar-refractivity contribution is 5.94. The topological polar surface area (TPSA) is 64.6 Å². The molecule has 0 saturated heterocycles. The van der Waals surface area contributed by atoms with Crippen LogP contribution >= 0.6 is 0 Å². The molecule has 3 rings (SSSR count). The van der Waals surface area contributed by atoms with Gasteiger partial charge < -0.3 is 15.7 Å². The second-order valence-corrected chi connectivity index (χ2v) is 8.70. The molecule has 3 N–H and O–H groups in total. The largest absolute Gasteiger partial charge is 0.508 e. The molecular weight excluding hydrogens is 467 g/mol. The van der Waals surface area contributed by atoms with Crippen molar-refractivity contribution in [3.05, 3.63) is 89.0 Å². The first-order valence-electron chi connectivity index (χ1n) is 12.0. The Morgan fingerprint density at radius 3 is 2.03 bits per heavy atom. The van der Waals surface area contributed by atoms with Gasteiger partial charge in [0.05, 0.1) is 5.56 Å². The number of anilines is 2. The summed E-state index contributed by atoms with van der Waals surface area (Å²) in [7, 11) is 0. The number of phenolic OH excluding ortho intramolecular Hbond substituents is 1. The van der Waals surface area contributed by atoms with Gasteiger partial charge in [-0.1, -0.05) is 19.9 Å². The number of alkyl halides is 3. The van der Waals surface area contributed by atoms with Gasteiger partial charge in [-0.3, -0.25) is 9.69 Å². The van der Waals surface area contributed by atoms with Crippen molar-refractivity contribution in [3.63, 3.8) is 0 Å². The Morgan fingerprint density at radius 2 is 1.47 bits per heavy atom. The van der Waals surface area contributed by atoms with Crippen LogP contribution in [0.15, 0.2) is 66.7 Å². The monoisotopic (exact) mass is 499 g/mol. The third-order valence-electron chi connectivity index (χ3n) is 5.72. The Hall–Kier alpha value is -3.52. The number of benzene rings is 3. The first-order valence-corrected chi connectivity index (χ1v) is 12.0. The molecule has 3 aromatic carbocycles. The summed E-state index contributed by atoms with van der Waals surface area (Å²) in [5.41, 5.74) is 2.65. The number of amides is 1. The molecule has 0 aliphatic heterocycles. The zero-order valence-electron chi connectivity index (χ0n) is 20.5. The van der Waals surface area contributed by atoms with Crippen molar-refractivity contribution in [1.29, 1.82) is 0 Å². The highest BCUT2D eigenvalue weighted by Gasteiger charge is 2.29. The van der Waals surface area contributed by atoms with E-state index in [-0.39, 0.29) is 11.7 Å². The summed E-state index contributed by atoms with van der Waals surface area (Å²) < 4.78 is 38.1. The van der Waals surface area contributed by atoms with E-state index in [0.29, 0.717) is 30.0 Å². The van der Waals surface area contributed by atoms with Crippen molar-refractivity contribution in [2.24, 2.45) is 0 Å². The lowest BCUT2D eigenvalue weighted by Crippen LogP contribution is -2.25. The maximum absolute atomic E-state index is 12.7. The van der Waals surface area contributed by atoms with E-state index in [4.69, 9.17) is 0 Å². The number of carbonyl (C=O) groups excluding carboxylic acids is 1. The van der Waals surface area contributed by atoms with E-state index < -0.39 is 11.7 Å². The molecule has 0 aliphatic carbocycles. The van der Waals surface area contributed by atoms with Crippen molar-refractivity contribution in [3.8, 4) is 5.75 Å². The molecular formula is C28H32F3N3O2. The van der Waals surface area contributed by atoms with E-state index in [1.165, 1.54) is 12.1 Å². The fourth-order valence-corrected chi connectivity index (χ4v) is 3.92. The third-order valence-corrected chi connectivity index (χ3v) is 5.72. The molecule has 0 spiro atoms. The molecule has 0 aliphatic rings. The van der Waals surface area contributed by atoms with Crippen molar-refractivity contribution >= 4 is 17.3 Å². The van der Waals surface area contributed by atoms with Gasteiger partial charge in [0, 0.05) is 35.6 Å². The maximum atomic E-state index is 12.7. The maximum Gasteiger partial charge on any atom is 0.416 e. The number of phenols is 1. The van der Waals surface area contributed by atoms with Crippen LogP contribution in [0.25, 0.3) is 0 Å². The van der Waals surface area contributed by atoms with Crippen LogP contribution in [0, 0.1) is 0 Å². The molecule has 0 unspecified atom stereocenters. The fourth-order valence-electron chi connectivity index (χ4n) is 3.92. The van der Waals surface area contributed by atoms with Gasteiger partial charge in [0.1, 0.15) is 5.75 Å². The molecule has 0 fully saturated rings. The number of nitrogens with one attached hydrogen (secondary N) is 2. The third kappa shape index (κ3) is 7.75. The van der Waals surface area contributed by atoms with Gasteiger partial charge in [-0.05, 0) is 92.2 Å². The highest BCUT2D eigenvalue weighted by Crippen LogP contribution is 2.30. The molecule has 1 amide bonds. The summed E-state index contributed by atoms with van der Waals surface area (Å²) >= 11 is 0. The molecule has 3 aromatic rings. The van der Waals surface area contributed by atoms with Crippen molar-refractivity contribution < 1.29 is 23.1 Å². The van der Waals surface area contributed by atoms with E-state index in [1.54, 1.807) is 36.4 Å². The second kappa shape index (κ2) is 12.4. The highest BCUT2D eigenvalue weighted by atomic mass is 19.4. The fraction of sp³-hybridized carbons (Fsp3) is 0.321. The predicted molar refractivity (Wildman–Crippen MR) is 136 cm³/mol. The van der Waals surface area contributed by atoms with Crippen LogP contribution in [-0.2, 0) is 19.3 Å². The van der Waals surface area contributed by atoms with Gasteiger partial charge in [-0.25, -0.2) is 0 Å². The van der Waals surface area contributed by atoms with Crippen LogP contribution in [-0.4, -0.2) is 29.0 Å². The van der Waals surface area contributed by atoms with E-state index in [0.717, 1.165) is 49.2 Å². The molecule has 0 bridgehead atoms. The number of aromatic hydroxyl groups is 1. The summed E-state index contributed by atoms with van der Waals surface area (Å²) in [6.45, 7) is 7.15. The Labute approximate surface area is 210 Å². The number of carbonyl (C=O) groups is 1. The molecule has 0 aromatic heterocycles. The molecule has 8 heteroatoms. The Morgan fingerprint density at radius 1 is 0.889 bits per heavy atom. The lowest BCUT2D eigenvalue weighted by molar-refractivity contribution is -0.137. The van der Waals surface area contributed by atoms with E-state index in [2.05, 4.69) is 29.4 Å². The van der Waals surface area contributed by atoms with E-state index in [1.807, 2.05) is 6.07 Å². The van der Waals surface area contributed by atoms with Gasteiger partial charge in [-0.15, -0.1) is 0 Å². The molecule has 192 valence electrons.